The van der Waals surface area contributed by atoms with E-state index in [2.05, 4.69) is 10.6 Å². The van der Waals surface area contributed by atoms with Crippen molar-refractivity contribution in [2.24, 2.45) is 11.8 Å². The van der Waals surface area contributed by atoms with Gasteiger partial charge in [-0.3, -0.25) is 4.79 Å². The zero-order valence-electron chi connectivity index (χ0n) is 10.8. The van der Waals surface area contributed by atoms with Crippen molar-refractivity contribution in [1.82, 2.24) is 10.6 Å². The summed E-state index contributed by atoms with van der Waals surface area (Å²) in [6.07, 6.45) is 5.31. The SMILES string of the molecule is CS(=O)(=O)CCCNC(=O)C1NCC2CCCC21. The first-order valence-corrected chi connectivity index (χ1v) is 8.72. The monoisotopic (exact) mass is 274 g/mol. The van der Waals surface area contributed by atoms with Crippen molar-refractivity contribution in [2.75, 3.05) is 25.1 Å². The molecule has 0 aromatic heterocycles. The molecule has 0 spiro atoms. The first-order valence-electron chi connectivity index (χ1n) is 6.66. The van der Waals surface area contributed by atoms with Gasteiger partial charge >= 0.3 is 0 Å². The van der Waals surface area contributed by atoms with E-state index in [1.165, 1.54) is 19.1 Å². The molecule has 2 rings (SSSR count). The molecule has 5 nitrogen and oxygen atoms in total. The second-order valence-electron chi connectivity index (χ2n) is 5.52. The van der Waals surface area contributed by atoms with Crippen molar-refractivity contribution in [2.45, 2.75) is 31.7 Å². The minimum Gasteiger partial charge on any atom is -0.355 e. The van der Waals surface area contributed by atoms with Gasteiger partial charge in [0, 0.05) is 12.8 Å². The van der Waals surface area contributed by atoms with Crippen LogP contribution in [0.15, 0.2) is 0 Å². The molecule has 18 heavy (non-hydrogen) atoms. The number of carbonyl (C=O) groups excluding carboxylic acids is 1. The molecular formula is C12H22N2O3S. The lowest BCUT2D eigenvalue weighted by Gasteiger charge is -2.17. The standard InChI is InChI=1S/C12H22N2O3S/c1-18(16,17)7-3-6-13-12(15)11-10-5-2-4-9(10)8-14-11/h9-11,14H,2-8H2,1H3,(H,13,15). The van der Waals surface area contributed by atoms with Crippen LogP contribution >= 0.6 is 0 Å². The van der Waals surface area contributed by atoms with Crippen LogP contribution in [0.2, 0.25) is 0 Å². The largest absolute Gasteiger partial charge is 0.355 e. The summed E-state index contributed by atoms with van der Waals surface area (Å²) in [5.41, 5.74) is 0. The summed E-state index contributed by atoms with van der Waals surface area (Å²) >= 11 is 0. The Kier molecular flexibility index (Phi) is 4.27. The van der Waals surface area contributed by atoms with Crippen LogP contribution in [-0.4, -0.2) is 45.5 Å². The Morgan fingerprint density at radius 3 is 2.89 bits per heavy atom. The van der Waals surface area contributed by atoms with Crippen molar-refractivity contribution in [1.29, 1.82) is 0 Å². The first kappa shape index (κ1) is 13.8. The van der Waals surface area contributed by atoms with E-state index in [1.54, 1.807) is 0 Å². The molecule has 0 aromatic rings. The van der Waals surface area contributed by atoms with E-state index >= 15 is 0 Å². The maximum atomic E-state index is 12.0. The van der Waals surface area contributed by atoms with Gasteiger partial charge in [0.15, 0.2) is 0 Å². The maximum absolute atomic E-state index is 12.0. The molecule has 2 N–H and O–H groups in total. The van der Waals surface area contributed by atoms with E-state index in [-0.39, 0.29) is 17.7 Å². The summed E-state index contributed by atoms with van der Waals surface area (Å²) in [6.45, 7) is 1.40. The maximum Gasteiger partial charge on any atom is 0.237 e. The van der Waals surface area contributed by atoms with Gasteiger partial charge in [0.25, 0.3) is 0 Å². The minimum absolute atomic E-state index is 0.0397. The fourth-order valence-corrected chi connectivity index (χ4v) is 3.80. The number of sulfone groups is 1. The van der Waals surface area contributed by atoms with Crippen molar-refractivity contribution >= 4 is 15.7 Å². The molecule has 104 valence electrons. The molecule has 1 saturated heterocycles. The molecule has 1 amide bonds. The van der Waals surface area contributed by atoms with Crippen LogP contribution in [0.3, 0.4) is 0 Å². The smallest absolute Gasteiger partial charge is 0.237 e. The summed E-state index contributed by atoms with van der Waals surface area (Å²) in [6, 6.07) is -0.0595. The molecule has 0 aromatic carbocycles. The van der Waals surface area contributed by atoms with Crippen LogP contribution in [0.1, 0.15) is 25.7 Å². The van der Waals surface area contributed by atoms with Crippen LogP contribution in [-0.2, 0) is 14.6 Å². The third-order valence-corrected chi connectivity index (χ3v) is 5.05. The Morgan fingerprint density at radius 2 is 2.17 bits per heavy atom. The topological polar surface area (TPSA) is 75.3 Å². The van der Waals surface area contributed by atoms with Crippen LogP contribution in [0.5, 0.6) is 0 Å². The van der Waals surface area contributed by atoms with E-state index in [4.69, 9.17) is 0 Å². The summed E-state index contributed by atoms with van der Waals surface area (Å²) < 4.78 is 21.9. The average molecular weight is 274 g/mol. The molecular weight excluding hydrogens is 252 g/mol. The van der Waals surface area contributed by atoms with Gasteiger partial charge in [0.1, 0.15) is 9.84 Å². The van der Waals surface area contributed by atoms with Gasteiger partial charge in [-0.2, -0.15) is 0 Å². The van der Waals surface area contributed by atoms with E-state index in [1.807, 2.05) is 0 Å². The molecule has 2 aliphatic rings. The number of nitrogens with one attached hydrogen (secondary N) is 2. The minimum atomic E-state index is -2.92. The second kappa shape index (κ2) is 5.57. The van der Waals surface area contributed by atoms with Crippen molar-refractivity contribution in [3.8, 4) is 0 Å². The van der Waals surface area contributed by atoms with E-state index in [9.17, 15) is 13.2 Å². The van der Waals surface area contributed by atoms with Crippen molar-refractivity contribution in [3.63, 3.8) is 0 Å². The highest BCUT2D eigenvalue weighted by molar-refractivity contribution is 7.90. The number of hydrogen-bond acceptors (Lipinski definition) is 4. The number of carbonyl (C=O) groups is 1. The summed E-state index contributed by atoms with van der Waals surface area (Å²) in [7, 11) is -2.92. The van der Waals surface area contributed by atoms with Gasteiger partial charge in [0.05, 0.1) is 11.8 Å². The highest BCUT2D eigenvalue weighted by atomic mass is 32.2. The molecule has 1 heterocycles. The summed E-state index contributed by atoms with van der Waals surface area (Å²) in [4.78, 5) is 12.0. The molecule has 1 saturated carbocycles. The highest BCUT2D eigenvalue weighted by Gasteiger charge is 2.42. The Balaban J connectivity index is 1.72. The van der Waals surface area contributed by atoms with Gasteiger partial charge in [-0.05, 0) is 37.6 Å². The zero-order valence-corrected chi connectivity index (χ0v) is 11.6. The number of amides is 1. The van der Waals surface area contributed by atoms with Gasteiger partial charge < -0.3 is 10.6 Å². The van der Waals surface area contributed by atoms with E-state index < -0.39 is 9.84 Å². The number of fused-ring (bicyclic) bond motifs is 1. The van der Waals surface area contributed by atoms with Crippen LogP contribution in [0.4, 0.5) is 0 Å². The first-order chi connectivity index (χ1) is 8.47. The third kappa shape index (κ3) is 3.45. The lowest BCUT2D eigenvalue weighted by atomic mass is 9.94. The van der Waals surface area contributed by atoms with E-state index in [0.29, 0.717) is 24.8 Å². The van der Waals surface area contributed by atoms with Gasteiger partial charge in [-0.1, -0.05) is 6.42 Å². The molecule has 3 atom stereocenters. The Hall–Kier alpha value is -0.620. The summed E-state index contributed by atoms with van der Waals surface area (Å²) in [5.74, 6) is 1.33. The lowest BCUT2D eigenvalue weighted by molar-refractivity contribution is -0.123. The second-order valence-corrected chi connectivity index (χ2v) is 7.77. The van der Waals surface area contributed by atoms with Crippen LogP contribution in [0, 0.1) is 11.8 Å². The Morgan fingerprint density at radius 1 is 1.39 bits per heavy atom. The van der Waals surface area contributed by atoms with Gasteiger partial charge in [0.2, 0.25) is 5.91 Å². The molecule has 3 unspecified atom stereocenters. The molecule has 0 radical (unpaired) electrons. The Bertz CT molecular complexity index is 408. The molecule has 0 bridgehead atoms. The molecule has 2 fully saturated rings. The number of rotatable bonds is 5. The van der Waals surface area contributed by atoms with Gasteiger partial charge in [-0.15, -0.1) is 0 Å². The Labute approximate surface area is 109 Å². The fourth-order valence-electron chi connectivity index (χ4n) is 3.13. The van der Waals surface area contributed by atoms with Crippen molar-refractivity contribution in [3.05, 3.63) is 0 Å². The predicted molar refractivity (Wildman–Crippen MR) is 70.0 cm³/mol. The quantitative estimate of drug-likeness (QED) is 0.688. The lowest BCUT2D eigenvalue weighted by Crippen LogP contribution is -2.44. The molecule has 1 aliphatic heterocycles. The normalized spacial score (nSPS) is 31.3. The van der Waals surface area contributed by atoms with Crippen LogP contribution < -0.4 is 10.6 Å². The fraction of sp³-hybridized carbons (Fsp3) is 0.917. The number of hydrogen-bond donors (Lipinski definition) is 2. The third-order valence-electron chi connectivity index (χ3n) is 4.02. The van der Waals surface area contributed by atoms with E-state index in [0.717, 1.165) is 13.0 Å². The van der Waals surface area contributed by atoms with Gasteiger partial charge in [-0.25, -0.2) is 8.42 Å². The summed E-state index contributed by atoms with van der Waals surface area (Å²) in [5, 5.41) is 6.13. The highest BCUT2D eigenvalue weighted by Crippen LogP contribution is 2.37. The van der Waals surface area contributed by atoms with Crippen LogP contribution in [0.25, 0.3) is 0 Å². The molecule has 1 aliphatic carbocycles. The van der Waals surface area contributed by atoms with Crippen molar-refractivity contribution < 1.29 is 13.2 Å². The molecule has 6 heteroatoms. The zero-order chi connectivity index (χ0) is 13.2. The predicted octanol–water partition coefficient (Wildman–Crippen LogP) is -0.0746. The average Bonchev–Trinajstić information content (AvgIpc) is 2.83.